The van der Waals surface area contributed by atoms with Gasteiger partial charge in [0, 0.05) is 25.2 Å². The molecule has 2 amide bonds. The van der Waals surface area contributed by atoms with E-state index in [4.69, 9.17) is 10.5 Å². The molecule has 0 atom stereocenters. The number of benzene rings is 1. The van der Waals surface area contributed by atoms with Crippen molar-refractivity contribution in [3.63, 3.8) is 0 Å². The van der Waals surface area contributed by atoms with Crippen LogP contribution in [0.25, 0.3) is 0 Å². The SMILES string of the molecule is CN(CC(=O)N1CCOCC1)Cc1ccc(C(N)=O)cc1. The fourth-order valence-corrected chi connectivity index (χ4v) is 2.29. The summed E-state index contributed by atoms with van der Waals surface area (Å²) in [4.78, 5) is 26.9. The number of carbonyl (C=O) groups excluding carboxylic acids is 2. The van der Waals surface area contributed by atoms with Crippen LogP contribution in [0.3, 0.4) is 0 Å². The zero-order valence-electron chi connectivity index (χ0n) is 12.2. The molecule has 2 N–H and O–H groups in total. The molecule has 1 heterocycles. The van der Waals surface area contributed by atoms with Gasteiger partial charge in [-0.2, -0.15) is 0 Å². The van der Waals surface area contributed by atoms with Crippen molar-refractivity contribution >= 4 is 11.8 Å². The summed E-state index contributed by atoms with van der Waals surface area (Å²) in [5.41, 5.74) is 6.73. The van der Waals surface area contributed by atoms with E-state index in [0.29, 0.717) is 45.0 Å². The predicted molar refractivity (Wildman–Crippen MR) is 78.7 cm³/mol. The molecule has 0 unspecified atom stereocenters. The van der Waals surface area contributed by atoms with Crippen molar-refractivity contribution in [3.05, 3.63) is 35.4 Å². The quantitative estimate of drug-likeness (QED) is 0.833. The third kappa shape index (κ3) is 4.54. The van der Waals surface area contributed by atoms with Crippen LogP contribution in [0, 0.1) is 0 Å². The number of hydrogen-bond acceptors (Lipinski definition) is 4. The second-order valence-corrected chi connectivity index (χ2v) is 5.23. The minimum absolute atomic E-state index is 0.120. The Morgan fingerprint density at radius 3 is 2.43 bits per heavy atom. The number of ether oxygens (including phenoxy) is 1. The molecule has 6 heteroatoms. The maximum atomic E-state index is 12.1. The lowest BCUT2D eigenvalue weighted by molar-refractivity contribution is -0.136. The molecule has 1 aliphatic rings. The lowest BCUT2D eigenvalue weighted by atomic mass is 10.1. The molecule has 0 bridgehead atoms. The van der Waals surface area contributed by atoms with Crippen LogP contribution in [0.15, 0.2) is 24.3 Å². The number of amides is 2. The monoisotopic (exact) mass is 291 g/mol. The number of nitrogens with zero attached hydrogens (tertiary/aromatic N) is 2. The highest BCUT2D eigenvalue weighted by atomic mass is 16.5. The molecule has 1 saturated heterocycles. The van der Waals surface area contributed by atoms with Gasteiger partial charge in [0.1, 0.15) is 0 Å². The van der Waals surface area contributed by atoms with E-state index < -0.39 is 5.91 Å². The first-order valence-electron chi connectivity index (χ1n) is 6.99. The Labute approximate surface area is 124 Å². The Bertz CT molecular complexity index is 495. The number of rotatable bonds is 5. The second kappa shape index (κ2) is 7.19. The Morgan fingerprint density at radius 2 is 1.86 bits per heavy atom. The third-order valence-corrected chi connectivity index (χ3v) is 3.46. The Morgan fingerprint density at radius 1 is 1.24 bits per heavy atom. The van der Waals surface area contributed by atoms with Crippen LogP contribution < -0.4 is 5.73 Å². The molecular formula is C15H21N3O3. The van der Waals surface area contributed by atoms with Crippen LogP contribution in [0.2, 0.25) is 0 Å². The zero-order valence-corrected chi connectivity index (χ0v) is 12.2. The normalized spacial score (nSPS) is 15.2. The summed E-state index contributed by atoms with van der Waals surface area (Å²) in [7, 11) is 1.90. The second-order valence-electron chi connectivity index (χ2n) is 5.23. The molecule has 114 valence electrons. The molecule has 1 fully saturated rings. The summed E-state index contributed by atoms with van der Waals surface area (Å²) in [5, 5.41) is 0. The van der Waals surface area contributed by atoms with Gasteiger partial charge >= 0.3 is 0 Å². The highest BCUT2D eigenvalue weighted by Crippen LogP contribution is 2.07. The van der Waals surface area contributed by atoms with Gasteiger partial charge in [0.15, 0.2) is 0 Å². The first-order valence-corrected chi connectivity index (χ1v) is 6.99. The molecule has 1 aromatic carbocycles. The van der Waals surface area contributed by atoms with Crippen LogP contribution in [-0.4, -0.2) is 61.5 Å². The molecule has 1 aromatic rings. The standard InChI is InChI=1S/C15H21N3O3/c1-17(11-14(19)18-6-8-21-9-7-18)10-12-2-4-13(5-3-12)15(16)20/h2-5H,6-11H2,1H3,(H2,16,20). The van der Waals surface area contributed by atoms with Crippen molar-refractivity contribution in [2.24, 2.45) is 5.73 Å². The van der Waals surface area contributed by atoms with Crippen molar-refractivity contribution in [3.8, 4) is 0 Å². The largest absolute Gasteiger partial charge is 0.378 e. The summed E-state index contributed by atoms with van der Waals surface area (Å²) in [6.07, 6.45) is 0. The van der Waals surface area contributed by atoms with Crippen molar-refractivity contribution in [1.29, 1.82) is 0 Å². The zero-order chi connectivity index (χ0) is 15.2. The highest BCUT2D eigenvalue weighted by molar-refractivity contribution is 5.92. The van der Waals surface area contributed by atoms with Gasteiger partial charge in [-0.1, -0.05) is 12.1 Å². The molecule has 0 aromatic heterocycles. The number of hydrogen-bond donors (Lipinski definition) is 1. The Kier molecular flexibility index (Phi) is 5.30. The van der Waals surface area contributed by atoms with Crippen LogP contribution in [0.5, 0.6) is 0 Å². The van der Waals surface area contributed by atoms with Crippen LogP contribution in [0.1, 0.15) is 15.9 Å². The topological polar surface area (TPSA) is 75.9 Å². The number of nitrogens with two attached hydrogens (primary N) is 1. The average Bonchev–Trinajstić information content (AvgIpc) is 2.48. The van der Waals surface area contributed by atoms with Gasteiger partial charge in [-0.25, -0.2) is 0 Å². The predicted octanol–water partition coefficient (Wildman–Crippen LogP) is 0.0761. The molecule has 21 heavy (non-hydrogen) atoms. The van der Waals surface area contributed by atoms with Crippen LogP contribution in [-0.2, 0) is 16.1 Å². The number of primary amides is 1. The molecule has 0 radical (unpaired) electrons. The lowest BCUT2D eigenvalue weighted by Crippen LogP contribution is -2.44. The van der Waals surface area contributed by atoms with E-state index in [2.05, 4.69) is 0 Å². The fourth-order valence-electron chi connectivity index (χ4n) is 2.29. The number of carbonyl (C=O) groups is 2. The Hall–Kier alpha value is -1.92. The first kappa shape index (κ1) is 15.5. The maximum absolute atomic E-state index is 12.1. The average molecular weight is 291 g/mol. The maximum Gasteiger partial charge on any atom is 0.248 e. The van der Waals surface area contributed by atoms with E-state index in [1.807, 2.05) is 29.0 Å². The molecule has 0 spiro atoms. The van der Waals surface area contributed by atoms with Gasteiger partial charge in [-0.3, -0.25) is 14.5 Å². The van der Waals surface area contributed by atoms with Gasteiger partial charge in [0.2, 0.25) is 11.8 Å². The summed E-state index contributed by atoms with van der Waals surface area (Å²) < 4.78 is 5.24. The van der Waals surface area contributed by atoms with E-state index in [-0.39, 0.29) is 5.91 Å². The van der Waals surface area contributed by atoms with E-state index >= 15 is 0 Å². The molecule has 2 rings (SSSR count). The van der Waals surface area contributed by atoms with Crippen LogP contribution in [0.4, 0.5) is 0 Å². The van der Waals surface area contributed by atoms with Crippen molar-refractivity contribution in [1.82, 2.24) is 9.80 Å². The van der Waals surface area contributed by atoms with Crippen molar-refractivity contribution in [2.45, 2.75) is 6.54 Å². The molecule has 1 aliphatic heterocycles. The minimum atomic E-state index is -0.433. The summed E-state index contributed by atoms with van der Waals surface area (Å²) >= 11 is 0. The molecular weight excluding hydrogens is 270 g/mol. The van der Waals surface area contributed by atoms with Gasteiger partial charge in [-0.05, 0) is 24.7 Å². The smallest absolute Gasteiger partial charge is 0.248 e. The fraction of sp³-hybridized carbons (Fsp3) is 0.467. The Balaban J connectivity index is 1.84. The number of likely N-dealkylation sites (N-methyl/N-ethyl adjacent to an activating group) is 1. The van der Waals surface area contributed by atoms with Gasteiger partial charge in [0.05, 0.1) is 19.8 Å². The third-order valence-electron chi connectivity index (χ3n) is 3.46. The van der Waals surface area contributed by atoms with E-state index in [1.54, 1.807) is 12.1 Å². The lowest BCUT2D eigenvalue weighted by Gasteiger charge is -2.28. The summed E-state index contributed by atoms with van der Waals surface area (Å²) in [5.74, 6) is -0.313. The highest BCUT2D eigenvalue weighted by Gasteiger charge is 2.18. The molecule has 6 nitrogen and oxygen atoms in total. The van der Waals surface area contributed by atoms with Gasteiger partial charge in [0.25, 0.3) is 0 Å². The van der Waals surface area contributed by atoms with Crippen molar-refractivity contribution < 1.29 is 14.3 Å². The molecule has 0 aliphatic carbocycles. The van der Waals surface area contributed by atoms with E-state index in [1.165, 1.54) is 0 Å². The number of morpholine rings is 1. The van der Waals surface area contributed by atoms with Crippen LogP contribution >= 0.6 is 0 Å². The van der Waals surface area contributed by atoms with Gasteiger partial charge < -0.3 is 15.4 Å². The summed E-state index contributed by atoms with van der Waals surface area (Å²) in [6.45, 7) is 3.58. The molecule has 0 saturated carbocycles. The van der Waals surface area contributed by atoms with Gasteiger partial charge in [-0.15, -0.1) is 0 Å². The first-order chi connectivity index (χ1) is 10.1. The van der Waals surface area contributed by atoms with E-state index in [0.717, 1.165) is 5.56 Å². The van der Waals surface area contributed by atoms with Crippen molar-refractivity contribution in [2.75, 3.05) is 39.9 Å². The van der Waals surface area contributed by atoms with E-state index in [9.17, 15) is 9.59 Å². The minimum Gasteiger partial charge on any atom is -0.378 e. The summed E-state index contributed by atoms with van der Waals surface area (Å²) in [6, 6.07) is 7.12.